The highest BCUT2D eigenvalue weighted by Gasteiger charge is 2.42. The first-order chi connectivity index (χ1) is 10.9. The van der Waals surface area contributed by atoms with E-state index in [0.29, 0.717) is 12.1 Å². The van der Waals surface area contributed by atoms with Crippen molar-refractivity contribution >= 4 is 17.5 Å². The largest absolute Gasteiger partial charge is 0.348 e. The second-order valence-corrected chi connectivity index (χ2v) is 6.39. The lowest BCUT2D eigenvalue weighted by atomic mass is 9.85. The smallest absolute Gasteiger partial charge is 0.251 e. The lowest BCUT2D eigenvalue weighted by Gasteiger charge is -2.16. The van der Waals surface area contributed by atoms with Crippen molar-refractivity contribution in [2.45, 2.75) is 25.8 Å². The predicted molar refractivity (Wildman–Crippen MR) is 90.5 cm³/mol. The fraction of sp³-hybridized carbons (Fsp3) is 0.263. The van der Waals surface area contributed by atoms with Gasteiger partial charge in [0.1, 0.15) is 0 Å². The number of hydrogen-bond acceptors (Lipinski definition) is 2. The number of carbonyl (C=O) groups is 2. The summed E-state index contributed by atoms with van der Waals surface area (Å²) < 4.78 is 0. The van der Waals surface area contributed by atoms with E-state index in [1.165, 1.54) is 0 Å². The van der Waals surface area contributed by atoms with Gasteiger partial charge in [0.2, 0.25) is 5.91 Å². The Morgan fingerprint density at radius 1 is 1.13 bits per heavy atom. The zero-order valence-corrected chi connectivity index (χ0v) is 13.6. The van der Waals surface area contributed by atoms with Gasteiger partial charge < -0.3 is 10.2 Å². The Morgan fingerprint density at radius 2 is 1.83 bits per heavy atom. The summed E-state index contributed by atoms with van der Waals surface area (Å²) in [4.78, 5) is 26.1. The maximum atomic E-state index is 12.3. The van der Waals surface area contributed by atoms with Gasteiger partial charge in [-0.1, -0.05) is 30.3 Å². The zero-order chi connectivity index (χ0) is 16.6. The van der Waals surface area contributed by atoms with Crippen LogP contribution in [0.4, 0.5) is 5.69 Å². The summed E-state index contributed by atoms with van der Waals surface area (Å²) in [6.07, 6.45) is 0. The molecule has 0 radical (unpaired) electrons. The highest BCUT2D eigenvalue weighted by Crippen LogP contribution is 2.40. The third kappa shape index (κ3) is 2.61. The van der Waals surface area contributed by atoms with Crippen LogP contribution in [-0.4, -0.2) is 18.9 Å². The molecule has 1 aliphatic rings. The van der Waals surface area contributed by atoms with E-state index in [9.17, 15) is 9.59 Å². The van der Waals surface area contributed by atoms with E-state index in [1.54, 1.807) is 24.1 Å². The molecule has 2 amide bonds. The number of nitrogens with zero attached hydrogens (tertiary/aromatic N) is 1. The SMILES string of the molecule is CN1C(=O)C(C)(C)c2cc(CNC(=O)c3ccccc3)ccc21. The lowest BCUT2D eigenvalue weighted by molar-refractivity contribution is -0.121. The van der Waals surface area contributed by atoms with Gasteiger partial charge in [-0.3, -0.25) is 9.59 Å². The number of benzene rings is 2. The Morgan fingerprint density at radius 3 is 2.52 bits per heavy atom. The highest BCUT2D eigenvalue weighted by molar-refractivity contribution is 6.07. The van der Waals surface area contributed by atoms with Gasteiger partial charge in [0.25, 0.3) is 5.91 Å². The zero-order valence-electron chi connectivity index (χ0n) is 13.6. The Kier molecular flexibility index (Phi) is 3.68. The van der Waals surface area contributed by atoms with Gasteiger partial charge in [0.05, 0.1) is 5.41 Å². The standard InChI is InChI=1S/C19H20N2O2/c1-19(2)15-11-13(9-10-16(15)21(3)18(19)23)12-20-17(22)14-7-5-4-6-8-14/h4-11H,12H2,1-3H3,(H,20,22). The summed E-state index contributed by atoms with van der Waals surface area (Å²) in [6.45, 7) is 4.31. The number of nitrogens with one attached hydrogen (secondary N) is 1. The monoisotopic (exact) mass is 308 g/mol. The Labute approximate surface area is 136 Å². The highest BCUT2D eigenvalue weighted by atomic mass is 16.2. The number of carbonyl (C=O) groups excluding carboxylic acids is 2. The molecule has 4 nitrogen and oxygen atoms in total. The quantitative estimate of drug-likeness (QED) is 0.948. The van der Waals surface area contributed by atoms with E-state index in [4.69, 9.17) is 0 Å². The number of amides is 2. The molecule has 1 aliphatic heterocycles. The fourth-order valence-corrected chi connectivity index (χ4v) is 3.00. The predicted octanol–water partition coefficient (Wildman–Crippen LogP) is 2.87. The number of fused-ring (bicyclic) bond motifs is 1. The van der Waals surface area contributed by atoms with Crippen molar-refractivity contribution in [3.63, 3.8) is 0 Å². The van der Waals surface area contributed by atoms with E-state index in [-0.39, 0.29) is 11.8 Å². The molecular formula is C19H20N2O2. The molecule has 2 aromatic carbocycles. The topological polar surface area (TPSA) is 49.4 Å². The molecule has 0 unspecified atom stereocenters. The third-order valence-electron chi connectivity index (χ3n) is 4.42. The van der Waals surface area contributed by atoms with Crippen LogP contribution in [-0.2, 0) is 16.8 Å². The van der Waals surface area contributed by atoms with Gasteiger partial charge in [0.15, 0.2) is 0 Å². The maximum absolute atomic E-state index is 12.3. The normalized spacial score (nSPS) is 15.4. The van der Waals surface area contributed by atoms with Crippen molar-refractivity contribution in [1.29, 1.82) is 0 Å². The van der Waals surface area contributed by atoms with Crippen LogP contribution in [0.5, 0.6) is 0 Å². The van der Waals surface area contributed by atoms with Gasteiger partial charge in [-0.15, -0.1) is 0 Å². The molecule has 0 aliphatic carbocycles. The summed E-state index contributed by atoms with van der Waals surface area (Å²) >= 11 is 0. The van der Waals surface area contributed by atoms with Gasteiger partial charge in [-0.2, -0.15) is 0 Å². The first kappa shape index (κ1) is 15.3. The molecule has 2 aromatic rings. The Hall–Kier alpha value is -2.62. The molecule has 0 aromatic heterocycles. The number of anilines is 1. The number of likely N-dealkylation sites (N-methyl/N-ethyl adjacent to an activating group) is 1. The fourth-order valence-electron chi connectivity index (χ4n) is 3.00. The van der Waals surface area contributed by atoms with Crippen LogP contribution in [0.15, 0.2) is 48.5 Å². The van der Waals surface area contributed by atoms with Crippen LogP contribution in [0, 0.1) is 0 Å². The summed E-state index contributed by atoms with van der Waals surface area (Å²) in [6, 6.07) is 15.1. The van der Waals surface area contributed by atoms with E-state index in [2.05, 4.69) is 5.32 Å². The second-order valence-electron chi connectivity index (χ2n) is 6.39. The molecule has 1 heterocycles. The third-order valence-corrected chi connectivity index (χ3v) is 4.42. The van der Waals surface area contributed by atoms with Crippen LogP contribution >= 0.6 is 0 Å². The maximum Gasteiger partial charge on any atom is 0.251 e. The minimum Gasteiger partial charge on any atom is -0.348 e. The molecule has 118 valence electrons. The molecule has 0 bridgehead atoms. The van der Waals surface area contributed by atoms with Gasteiger partial charge in [-0.25, -0.2) is 0 Å². The van der Waals surface area contributed by atoms with Crippen molar-refractivity contribution < 1.29 is 9.59 Å². The first-order valence-electron chi connectivity index (χ1n) is 7.66. The van der Waals surface area contributed by atoms with E-state index < -0.39 is 5.41 Å². The minimum atomic E-state index is -0.524. The van der Waals surface area contributed by atoms with Crippen LogP contribution in [0.1, 0.15) is 35.3 Å². The number of hydrogen-bond donors (Lipinski definition) is 1. The average Bonchev–Trinajstić information content (AvgIpc) is 2.74. The molecule has 3 rings (SSSR count). The van der Waals surface area contributed by atoms with Crippen LogP contribution < -0.4 is 10.2 Å². The van der Waals surface area contributed by atoms with E-state index >= 15 is 0 Å². The summed E-state index contributed by atoms with van der Waals surface area (Å²) in [5.74, 6) is -0.00322. The number of rotatable bonds is 3. The molecule has 0 spiro atoms. The first-order valence-corrected chi connectivity index (χ1v) is 7.66. The molecule has 0 saturated heterocycles. The van der Waals surface area contributed by atoms with Crippen molar-refractivity contribution in [2.24, 2.45) is 0 Å². The van der Waals surface area contributed by atoms with Crippen LogP contribution in [0.25, 0.3) is 0 Å². The minimum absolute atomic E-state index is 0.0953. The molecule has 0 fully saturated rings. The molecule has 0 saturated carbocycles. The Bertz CT molecular complexity index is 766. The molecule has 4 heteroatoms. The summed E-state index contributed by atoms with van der Waals surface area (Å²) in [7, 11) is 1.80. The molecular weight excluding hydrogens is 288 g/mol. The second kappa shape index (κ2) is 5.54. The molecule has 23 heavy (non-hydrogen) atoms. The molecule has 0 atom stereocenters. The van der Waals surface area contributed by atoms with Crippen molar-refractivity contribution in [3.8, 4) is 0 Å². The van der Waals surface area contributed by atoms with Gasteiger partial charge >= 0.3 is 0 Å². The lowest BCUT2D eigenvalue weighted by Crippen LogP contribution is -2.33. The summed E-state index contributed by atoms with van der Waals surface area (Å²) in [5, 5.41) is 2.92. The van der Waals surface area contributed by atoms with Crippen LogP contribution in [0.2, 0.25) is 0 Å². The average molecular weight is 308 g/mol. The summed E-state index contributed by atoms with van der Waals surface area (Å²) in [5.41, 5.74) is 3.06. The van der Waals surface area contributed by atoms with E-state index in [0.717, 1.165) is 16.8 Å². The van der Waals surface area contributed by atoms with Crippen LogP contribution in [0.3, 0.4) is 0 Å². The van der Waals surface area contributed by atoms with Crippen molar-refractivity contribution in [2.75, 3.05) is 11.9 Å². The van der Waals surface area contributed by atoms with Gasteiger partial charge in [0, 0.05) is 24.8 Å². The van der Waals surface area contributed by atoms with Crippen molar-refractivity contribution in [3.05, 3.63) is 65.2 Å². The molecule has 1 N–H and O–H groups in total. The Balaban J connectivity index is 1.78. The van der Waals surface area contributed by atoms with Gasteiger partial charge in [-0.05, 0) is 43.2 Å². The van der Waals surface area contributed by atoms with Crippen molar-refractivity contribution in [1.82, 2.24) is 5.32 Å². The van der Waals surface area contributed by atoms with E-state index in [1.807, 2.05) is 50.2 Å².